The number of aliphatic imine (C=N–C) groups is 1. The van der Waals surface area contributed by atoms with Gasteiger partial charge in [-0.15, -0.1) is 24.0 Å². The molecule has 0 atom stereocenters. The van der Waals surface area contributed by atoms with Crippen molar-refractivity contribution in [3.05, 3.63) is 18.5 Å². The van der Waals surface area contributed by atoms with Crippen molar-refractivity contribution in [2.45, 2.75) is 39.2 Å². The maximum absolute atomic E-state index is 4.19. The molecule has 6 heteroatoms. The van der Waals surface area contributed by atoms with Gasteiger partial charge in [0.25, 0.3) is 0 Å². The average molecular weight is 379 g/mol. The van der Waals surface area contributed by atoms with Crippen LogP contribution in [0, 0.1) is 0 Å². The van der Waals surface area contributed by atoms with Crippen molar-refractivity contribution in [3.8, 4) is 0 Å². The minimum absolute atomic E-state index is 0. The predicted molar refractivity (Wildman–Crippen MR) is 91.1 cm³/mol. The lowest BCUT2D eigenvalue weighted by Gasteiger charge is -2.11. The maximum Gasteiger partial charge on any atom is 0.191 e. The van der Waals surface area contributed by atoms with Crippen molar-refractivity contribution >= 4 is 29.9 Å². The summed E-state index contributed by atoms with van der Waals surface area (Å²) in [5.41, 5.74) is 0. The Labute approximate surface area is 133 Å². The highest BCUT2D eigenvalue weighted by Crippen LogP contribution is 1.96. The molecular weight excluding hydrogens is 353 g/mol. The zero-order valence-electron chi connectivity index (χ0n) is 11.9. The number of nitrogens with one attached hydrogen (secondary N) is 2. The number of aromatic nitrogens is 2. The van der Waals surface area contributed by atoms with Crippen molar-refractivity contribution in [1.82, 2.24) is 20.4 Å². The van der Waals surface area contributed by atoms with Gasteiger partial charge in [-0.05, 0) is 12.5 Å². The van der Waals surface area contributed by atoms with Gasteiger partial charge in [-0.1, -0.05) is 26.2 Å². The first kappa shape index (κ1) is 18.2. The van der Waals surface area contributed by atoms with Crippen molar-refractivity contribution < 1.29 is 0 Å². The molecule has 1 rings (SSSR count). The molecule has 0 saturated heterocycles. The van der Waals surface area contributed by atoms with Crippen molar-refractivity contribution in [3.63, 3.8) is 0 Å². The lowest BCUT2D eigenvalue weighted by Crippen LogP contribution is -2.39. The molecule has 0 unspecified atom stereocenters. The molecule has 0 aliphatic rings. The lowest BCUT2D eigenvalue weighted by molar-refractivity contribution is 0.594. The molecule has 1 aromatic rings. The second-order valence-electron chi connectivity index (χ2n) is 4.26. The molecule has 1 heterocycles. The van der Waals surface area contributed by atoms with Crippen molar-refractivity contribution in [2.75, 3.05) is 20.1 Å². The number of hydrogen-bond donors (Lipinski definition) is 2. The third kappa shape index (κ3) is 8.85. The number of hydrogen-bond acceptors (Lipinski definition) is 2. The Morgan fingerprint density at radius 3 is 2.63 bits per heavy atom. The van der Waals surface area contributed by atoms with E-state index in [1.165, 1.54) is 25.7 Å². The highest BCUT2D eigenvalue weighted by atomic mass is 127. The van der Waals surface area contributed by atoms with Crippen LogP contribution in [0.2, 0.25) is 0 Å². The van der Waals surface area contributed by atoms with E-state index in [0.717, 1.165) is 25.6 Å². The van der Waals surface area contributed by atoms with E-state index in [-0.39, 0.29) is 24.0 Å². The van der Waals surface area contributed by atoms with E-state index >= 15 is 0 Å². The summed E-state index contributed by atoms with van der Waals surface area (Å²) in [6.45, 7) is 4.89. The zero-order valence-corrected chi connectivity index (χ0v) is 14.3. The molecular formula is C13H26IN5. The minimum atomic E-state index is 0. The molecule has 0 aliphatic heterocycles. The van der Waals surface area contributed by atoms with Crippen LogP contribution in [0.4, 0.5) is 0 Å². The summed E-state index contributed by atoms with van der Waals surface area (Å²) in [6, 6.07) is 1.93. The highest BCUT2D eigenvalue weighted by molar-refractivity contribution is 14.0. The van der Waals surface area contributed by atoms with Crippen LogP contribution in [-0.2, 0) is 6.54 Å². The fourth-order valence-corrected chi connectivity index (χ4v) is 1.70. The average Bonchev–Trinajstić information content (AvgIpc) is 2.89. The van der Waals surface area contributed by atoms with Crippen LogP contribution < -0.4 is 10.6 Å². The van der Waals surface area contributed by atoms with Gasteiger partial charge in [0.05, 0.1) is 6.54 Å². The number of unbranched alkanes of at least 4 members (excludes halogenated alkanes) is 3. The lowest BCUT2D eigenvalue weighted by atomic mass is 10.2. The van der Waals surface area contributed by atoms with Gasteiger partial charge >= 0.3 is 0 Å². The highest BCUT2D eigenvalue weighted by Gasteiger charge is 1.96. The van der Waals surface area contributed by atoms with Gasteiger partial charge in [0.2, 0.25) is 0 Å². The fourth-order valence-electron chi connectivity index (χ4n) is 1.70. The van der Waals surface area contributed by atoms with Crippen molar-refractivity contribution in [1.29, 1.82) is 0 Å². The summed E-state index contributed by atoms with van der Waals surface area (Å²) in [6.07, 6.45) is 8.83. The Balaban J connectivity index is 0.00000324. The van der Waals surface area contributed by atoms with E-state index in [1.807, 2.05) is 16.9 Å². The van der Waals surface area contributed by atoms with Gasteiger partial charge in [-0.2, -0.15) is 5.10 Å². The predicted octanol–water partition coefficient (Wildman–Crippen LogP) is 2.25. The van der Waals surface area contributed by atoms with Crippen LogP contribution in [0.3, 0.4) is 0 Å². The largest absolute Gasteiger partial charge is 0.356 e. The Morgan fingerprint density at radius 2 is 2.00 bits per heavy atom. The molecule has 110 valence electrons. The Bertz CT molecular complexity index is 324. The Morgan fingerprint density at radius 1 is 1.21 bits per heavy atom. The van der Waals surface area contributed by atoms with Crippen LogP contribution in [-0.4, -0.2) is 35.9 Å². The number of rotatable bonds is 8. The molecule has 0 fully saturated rings. The normalized spacial score (nSPS) is 10.9. The van der Waals surface area contributed by atoms with Crippen LogP contribution in [0.15, 0.2) is 23.5 Å². The standard InChI is InChI=1S/C13H25N5.HI/c1-3-4-5-6-8-15-13(14-2)16-10-12-18-11-7-9-17-18;/h7,9,11H,3-6,8,10,12H2,1-2H3,(H2,14,15,16);1H. The maximum atomic E-state index is 4.19. The fraction of sp³-hybridized carbons (Fsp3) is 0.692. The SMILES string of the molecule is CCCCCCNC(=NC)NCCn1cccn1.I. The van der Waals surface area contributed by atoms with Crippen molar-refractivity contribution in [2.24, 2.45) is 4.99 Å². The van der Waals surface area contributed by atoms with E-state index in [1.54, 1.807) is 13.2 Å². The first-order valence-corrected chi connectivity index (χ1v) is 6.78. The second kappa shape index (κ2) is 12.3. The molecule has 19 heavy (non-hydrogen) atoms. The third-order valence-corrected chi connectivity index (χ3v) is 2.74. The topological polar surface area (TPSA) is 54.2 Å². The smallest absolute Gasteiger partial charge is 0.191 e. The Hall–Kier alpha value is -0.790. The molecule has 0 saturated carbocycles. The number of halogens is 1. The second-order valence-corrected chi connectivity index (χ2v) is 4.26. The van der Waals surface area contributed by atoms with Crippen LogP contribution in [0.25, 0.3) is 0 Å². The van der Waals surface area contributed by atoms with Gasteiger partial charge in [0, 0.05) is 32.5 Å². The summed E-state index contributed by atoms with van der Waals surface area (Å²) in [5, 5.41) is 10.7. The molecule has 0 bridgehead atoms. The van der Waals surface area contributed by atoms with Gasteiger partial charge in [-0.3, -0.25) is 9.67 Å². The number of guanidine groups is 1. The monoisotopic (exact) mass is 379 g/mol. The summed E-state index contributed by atoms with van der Waals surface area (Å²) in [5.74, 6) is 0.874. The molecule has 2 N–H and O–H groups in total. The first-order valence-electron chi connectivity index (χ1n) is 6.78. The molecule has 0 spiro atoms. The first-order chi connectivity index (χ1) is 8.86. The van der Waals surface area contributed by atoms with Crippen LogP contribution in [0.1, 0.15) is 32.6 Å². The summed E-state index contributed by atoms with van der Waals surface area (Å²) in [4.78, 5) is 4.19. The summed E-state index contributed by atoms with van der Waals surface area (Å²) in [7, 11) is 1.80. The molecule has 0 amide bonds. The van der Waals surface area contributed by atoms with E-state index in [9.17, 15) is 0 Å². The number of nitrogens with zero attached hydrogens (tertiary/aromatic N) is 3. The van der Waals surface area contributed by atoms with Crippen LogP contribution >= 0.6 is 24.0 Å². The molecule has 0 aromatic carbocycles. The Kier molecular flexibility index (Phi) is 11.7. The van der Waals surface area contributed by atoms with Gasteiger partial charge < -0.3 is 10.6 Å². The summed E-state index contributed by atoms with van der Waals surface area (Å²) >= 11 is 0. The van der Waals surface area contributed by atoms with Gasteiger partial charge in [0.1, 0.15) is 0 Å². The van der Waals surface area contributed by atoms with E-state index in [0.29, 0.717) is 0 Å². The zero-order chi connectivity index (χ0) is 13.1. The summed E-state index contributed by atoms with van der Waals surface area (Å²) < 4.78 is 1.90. The van der Waals surface area contributed by atoms with E-state index in [2.05, 4.69) is 27.6 Å². The van der Waals surface area contributed by atoms with E-state index in [4.69, 9.17) is 0 Å². The van der Waals surface area contributed by atoms with Gasteiger partial charge in [0.15, 0.2) is 5.96 Å². The molecule has 1 aromatic heterocycles. The third-order valence-electron chi connectivity index (χ3n) is 2.74. The van der Waals surface area contributed by atoms with Crippen LogP contribution in [0.5, 0.6) is 0 Å². The molecule has 0 radical (unpaired) electrons. The van der Waals surface area contributed by atoms with E-state index < -0.39 is 0 Å². The van der Waals surface area contributed by atoms with Gasteiger partial charge in [-0.25, -0.2) is 0 Å². The molecule has 0 aliphatic carbocycles. The quantitative estimate of drug-likeness (QED) is 0.315. The minimum Gasteiger partial charge on any atom is -0.356 e. The molecule has 5 nitrogen and oxygen atoms in total.